The minimum atomic E-state index is 0.0374. The van der Waals surface area contributed by atoms with Gasteiger partial charge in [-0.3, -0.25) is 14.2 Å². The summed E-state index contributed by atoms with van der Waals surface area (Å²) < 4.78 is 7.66. The van der Waals surface area contributed by atoms with Crippen LogP contribution in [0.3, 0.4) is 0 Å². The fourth-order valence-electron chi connectivity index (χ4n) is 5.48. The first kappa shape index (κ1) is 22.3. The molecular formula is C26H29N3O3S2. The molecule has 0 saturated carbocycles. The molecule has 1 unspecified atom stereocenters. The second-order valence-electron chi connectivity index (χ2n) is 9.40. The number of hydrogen-bond donors (Lipinski definition) is 0. The maximum Gasteiger partial charge on any atom is 0.263 e. The van der Waals surface area contributed by atoms with Gasteiger partial charge in [-0.05, 0) is 68.6 Å². The molecule has 178 valence electrons. The maximum atomic E-state index is 13.7. The molecule has 0 spiro atoms. The molecule has 3 aliphatic rings. The third kappa shape index (κ3) is 4.10. The van der Waals surface area contributed by atoms with E-state index in [4.69, 9.17) is 9.72 Å². The predicted octanol–water partition coefficient (Wildman–Crippen LogP) is 4.59. The van der Waals surface area contributed by atoms with E-state index in [2.05, 4.69) is 6.07 Å². The monoisotopic (exact) mass is 495 g/mol. The lowest BCUT2D eigenvalue weighted by Crippen LogP contribution is -2.37. The zero-order valence-electron chi connectivity index (χ0n) is 19.3. The highest BCUT2D eigenvalue weighted by Gasteiger charge is 2.27. The number of para-hydroxylation sites is 1. The van der Waals surface area contributed by atoms with Gasteiger partial charge in [-0.1, -0.05) is 30.0 Å². The number of aryl methyl sites for hydroxylation is 3. The van der Waals surface area contributed by atoms with Crippen molar-refractivity contribution in [2.45, 2.75) is 69.2 Å². The molecule has 3 aromatic rings. The van der Waals surface area contributed by atoms with Crippen LogP contribution in [0.2, 0.25) is 0 Å². The van der Waals surface area contributed by atoms with Crippen LogP contribution in [-0.4, -0.2) is 40.5 Å². The van der Waals surface area contributed by atoms with E-state index in [1.807, 2.05) is 23.1 Å². The highest BCUT2D eigenvalue weighted by Crippen LogP contribution is 2.35. The third-order valence-corrected chi connectivity index (χ3v) is 9.33. The Hall–Kier alpha value is -2.16. The van der Waals surface area contributed by atoms with E-state index in [-0.39, 0.29) is 23.3 Å². The average Bonchev–Trinajstić information content (AvgIpc) is 3.51. The van der Waals surface area contributed by atoms with Gasteiger partial charge in [0.1, 0.15) is 4.83 Å². The molecule has 1 aliphatic carbocycles. The summed E-state index contributed by atoms with van der Waals surface area (Å²) in [6, 6.07) is 8.16. The van der Waals surface area contributed by atoms with E-state index < -0.39 is 0 Å². The van der Waals surface area contributed by atoms with Crippen LogP contribution in [-0.2, 0) is 35.3 Å². The summed E-state index contributed by atoms with van der Waals surface area (Å²) in [4.78, 5) is 36.0. The van der Waals surface area contributed by atoms with Gasteiger partial charge in [0.05, 0.1) is 23.8 Å². The van der Waals surface area contributed by atoms with Crippen molar-refractivity contribution in [1.82, 2.24) is 9.55 Å². The zero-order valence-corrected chi connectivity index (χ0v) is 20.9. The van der Waals surface area contributed by atoms with Crippen molar-refractivity contribution in [2.75, 3.05) is 23.8 Å². The molecule has 8 heteroatoms. The number of ether oxygens (including phenoxy) is 1. The number of nitrogens with zero attached hydrogens (tertiary/aromatic N) is 3. The van der Waals surface area contributed by atoms with Crippen LogP contribution in [0.5, 0.6) is 0 Å². The number of benzene rings is 1. The zero-order chi connectivity index (χ0) is 23.1. The first-order valence-corrected chi connectivity index (χ1v) is 14.2. The molecular weight excluding hydrogens is 466 g/mol. The van der Waals surface area contributed by atoms with Crippen molar-refractivity contribution in [1.29, 1.82) is 0 Å². The Morgan fingerprint density at radius 1 is 1.15 bits per heavy atom. The molecule has 1 saturated heterocycles. The number of rotatable bonds is 5. The van der Waals surface area contributed by atoms with Gasteiger partial charge in [0.2, 0.25) is 5.91 Å². The Balaban J connectivity index is 1.32. The summed E-state index contributed by atoms with van der Waals surface area (Å²) in [5.41, 5.74) is 3.50. The minimum absolute atomic E-state index is 0.0374. The fourth-order valence-corrected chi connectivity index (χ4v) is 7.67. The summed E-state index contributed by atoms with van der Waals surface area (Å²) in [5, 5.41) is 1.45. The number of hydrogen-bond acceptors (Lipinski definition) is 6. The van der Waals surface area contributed by atoms with E-state index in [0.717, 1.165) is 74.0 Å². The van der Waals surface area contributed by atoms with Crippen LogP contribution in [0.4, 0.5) is 5.69 Å². The number of anilines is 1. The van der Waals surface area contributed by atoms with Crippen LogP contribution in [0.15, 0.2) is 34.2 Å². The van der Waals surface area contributed by atoms with E-state index in [1.54, 1.807) is 15.9 Å². The number of fused-ring (bicyclic) bond motifs is 4. The van der Waals surface area contributed by atoms with Crippen molar-refractivity contribution in [2.24, 2.45) is 0 Å². The SMILES string of the molecule is O=C(CSc1nc2sc3c(c2c(=O)n1CC1CCCO1)CCCC3)N1CCCc2ccccc21. The highest BCUT2D eigenvalue weighted by molar-refractivity contribution is 7.99. The van der Waals surface area contributed by atoms with E-state index >= 15 is 0 Å². The van der Waals surface area contributed by atoms with Gasteiger partial charge in [-0.2, -0.15) is 0 Å². The number of thioether (sulfide) groups is 1. The number of aromatic nitrogens is 2. The average molecular weight is 496 g/mol. The Bertz CT molecular complexity index is 1290. The summed E-state index contributed by atoms with van der Waals surface area (Å²) in [7, 11) is 0. The molecule has 0 radical (unpaired) electrons. The van der Waals surface area contributed by atoms with Gasteiger partial charge in [-0.15, -0.1) is 11.3 Å². The van der Waals surface area contributed by atoms with Crippen molar-refractivity contribution < 1.29 is 9.53 Å². The molecule has 4 heterocycles. The van der Waals surface area contributed by atoms with E-state index in [1.165, 1.54) is 34.2 Å². The van der Waals surface area contributed by atoms with Crippen molar-refractivity contribution >= 4 is 44.9 Å². The molecule has 0 bridgehead atoms. The maximum absolute atomic E-state index is 13.7. The molecule has 1 atom stereocenters. The third-order valence-electron chi connectivity index (χ3n) is 7.19. The van der Waals surface area contributed by atoms with Crippen molar-refractivity contribution in [3.05, 3.63) is 50.6 Å². The Labute approximate surface area is 207 Å². The molecule has 2 aliphatic heterocycles. The predicted molar refractivity (Wildman–Crippen MR) is 137 cm³/mol. The number of thiophene rings is 1. The highest BCUT2D eigenvalue weighted by atomic mass is 32.2. The van der Waals surface area contributed by atoms with Gasteiger partial charge in [0.25, 0.3) is 5.56 Å². The lowest BCUT2D eigenvalue weighted by molar-refractivity contribution is -0.116. The first-order chi connectivity index (χ1) is 16.7. The quantitative estimate of drug-likeness (QED) is 0.383. The topological polar surface area (TPSA) is 64.4 Å². The second-order valence-corrected chi connectivity index (χ2v) is 11.4. The van der Waals surface area contributed by atoms with Gasteiger partial charge in [0.15, 0.2) is 5.16 Å². The van der Waals surface area contributed by atoms with Gasteiger partial charge >= 0.3 is 0 Å². The normalized spacial score (nSPS) is 19.9. The Kier molecular flexibility index (Phi) is 6.22. The number of amides is 1. The molecule has 1 fully saturated rings. The van der Waals surface area contributed by atoms with Gasteiger partial charge in [0, 0.05) is 23.7 Å². The van der Waals surface area contributed by atoms with Crippen LogP contribution < -0.4 is 10.5 Å². The summed E-state index contributed by atoms with van der Waals surface area (Å²) >= 11 is 3.06. The smallest absolute Gasteiger partial charge is 0.263 e. The Morgan fingerprint density at radius 3 is 2.91 bits per heavy atom. The number of carbonyl (C=O) groups is 1. The molecule has 1 amide bonds. The summed E-state index contributed by atoms with van der Waals surface area (Å²) in [6.45, 7) is 2.00. The largest absolute Gasteiger partial charge is 0.376 e. The summed E-state index contributed by atoms with van der Waals surface area (Å²) in [5.74, 6) is 0.337. The van der Waals surface area contributed by atoms with E-state index in [0.29, 0.717) is 11.7 Å². The van der Waals surface area contributed by atoms with Crippen LogP contribution in [0.25, 0.3) is 10.2 Å². The molecule has 6 rings (SSSR count). The second kappa shape index (κ2) is 9.47. The van der Waals surface area contributed by atoms with Crippen LogP contribution in [0, 0.1) is 0 Å². The lowest BCUT2D eigenvalue weighted by atomic mass is 9.97. The van der Waals surface area contributed by atoms with Crippen molar-refractivity contribution in [3.8, 4) is 0 Å². The summed E-state index contributed by atoms with van der Waals surface area (Å²) in [6.07, 6.45) is 8.32. The lowest BCUT2D eigenvalue weighted by Gasteiger charge is -2.29. The minimum Gasteiger partial charge on any atom is -0.376 e. The fraction of sp³-hybridized carbons (Fsp3) is 0.500. The van der Waals surface area contributed by atoms with Crippen molar-refractivity contribution in [3.63, 3.8) is 0 Å². The van der Waals surface area contributed by atoms with Crippen LogP contribution >= 0.6 is 23.1 Å². The molecule has 2 aromatic heterocycles. The molecule has 34 heavy (non-hydrogen) atoms. The van der Waals surface area contributed by atoms with Gasteiger partial charge < -0.3 is 9.64 Å². The first-order valence-electron chi connectivity index (χ1n) is 12.4. The standard InChI is InChI=1S/C26H29N3O3S2/c30-22(28-13-5-8-17-7-1-3-11-20(17)28)16-33-26-27-24-23(19-10-2-4-12-21(19)34-24)25(31)29(26)15-18-9-6-14-32-18/h1,3,7,11,18H,2,4-6,8-10,12-16H2. The van der Waals surface area contributed by atoms with Crippen LogP contribution in [0.1, 0.15) is 48.1 Å². The molecule has 0 N–H and O–H groups in total. The Morgan fingerprint density at radius 2 is 2.03 bits per heavy atom. The number of carbonyl (C=O) groups excluding carboxylic acids is 1. The molecule has 6 nitrogen and oxygen atoms in total. The van der Waals surface area contributed by atoms with E-state index in [9.17, 15) is 9.59 Å². The van der Waals surface area contributed by atoms with Gasteiger partial charge in [-0.25, -0.2) is 4.98 Å². The molecule has 1 aromatic carbocycles.